The number of hydrogen-bond acceptors (Lipinski definition) is 1. The molecule has 0 amide bonds. The summed E-state index contributed by atoms with van der Waals surface area (Å²) in [5, 5.41) is 8.51. The number of allylic oxidation sites excluding steroid dienone is 2. The number of hydrogen-bond donors (Lipinski definition) is 1. The summed E-state index contributed by atoms with van der Waals surface area (Å²) in [6.07, 6.45) is 21.2. The van der Waals surface area contributed by atoms with E-state index in [2.05, 4.69) is 19.1 Å². The van der Waals surface area contributed by atoms with E-state index in [4.69, 9.17) is 5.11 Å². The molecule has 0 aliphatic rings. The third-order valence-corrected chi connectivity index (χ3v) is 3.65. The Bertz CT molecular complexity index is 239. The van der Waals surface area contributed by atoms with Crippen molar-refractivity contribution in [3.8, 4) is 0 Å². The summed E-state index contributed by atoms with van der Waals surface area (Å²) in [7, 11) is 0. The van der Waals surface area contributed by atoms with E-state index in [-0.39, 0.29) is 17.1 Å². The van der Waals surface area contributed by atoms with E-state index in [0.29, 0.717) is 6.42 Å². The van der Waals surface area contributed by atoms with Crippen molar-refractivity contribution in [2.75, 3.05) is 0 Å². The molecule has 0 saturated carbocycles. The van der Waals surface area contributed by atoms with Crippen LogP contribution in [0.3, 0.4) is 0 Å². The molecule has 2 nitrogen and oxygen atoms in total. The summed E-state index contributed by atoms with van der Waals surface area (Å²) in [4.78, 5) is 10.3. The first kappa shape index (κ1) is 23.0. The molecule has 0 aromatic carbocycles. The first-order valence-electron chi connectivity index (χ1n) is 8.64. The fourth-order valence-corrected chi connectivity index (χ4v) is 2.35. The van der Waals surface area contributed by atoms with Gasteiger partial charge < -0.3 is 5.11 Å². The SMILES string of the molecule is CCCCCCCCC=CCCCCCCCC(=O)O.[Se]. The zero-order valence-corrected chi connectivity index (χ0v) is 15.5. The van der Waals surface area contributed by atoms with Crippen molar-refractivity contribution in [1.29, 1.82) is 0 Å². The monoisotopic (exact) mass is 362 g/mol. The quantitative estimate of drug-likeness (QED) is 0.230. The molecule has 0 atom stereocenters. The molecule has 0 spiro atoms. The van der Waals surface area contributed by atoms with Gasteiger partial charge in [-0.1, -0.05) is 70.4 Å². The molecule has 124 valence electrons. The molecule has 1 N–H and O–H groups in total. The second kappa shape index (κ2) is 19.7. The van der Waals surface area contributed by atoms with E-state index in [1.54, 1.807) is 0 Å². The van der Waals surface area contributed by atoms with Gasteiger partial charge in [0.25, 0.3) is 0 Å². The van der Waals surface area contributed by atoms with Crippen LogP contribution in [0.4, 0.5) is 0 Å². The Balaban J connectivity index is 0. The van der Waals surface area contributed by atoms with Gasteiger partial charge in [-0.3, -0.25) is 4.79 Å². The van der Waals surface area contributed by atoms with Crippen molar-refractivity contribution in [3.63, 3.8) is 0 Å². The van der Waals surface area contributed by atoms with Gasteiger partial charge in [-0.25, -0.2) is 0 Å². The Morgan fingerprint density at radius 3 is 1.67 bits per heavy atom. The summed E-state index contributed by atoms with van der Waals surface area (Å²) in [5.41, 5.74) is 0. The third-order valence-electron chi connectivity index (χ3n) is 3.65. The summed E-state index contributed by atoms with van der Waals surface area (Å²) in [6.45, 7) is 2.26. The molecule has 0 heterocycles. The fraction of sp³-hybridized carbons (Fsp3) is 0.833. The van der Waals surface area contributed by atoms with Gasteiger partial charge in [0.2, 0.25) is 0 Å². The number of unbranched alkanes of at least 4 members (excludes halogenated alkanes) is 11. The summed E-state index contributed by atoms with van der Waals surface area (Å²) in [5.74, 6) is -0.664. The fourth-order valence-electron chi connectivity index (χ4n) is 2.35. The predicted octanol–water partition coefficient (Wildman–Crippen LogP) is 5.73. The Hall–Kier alpha value is -0.271. The molecule has 3 heteroatoms. The maximum absolute atomic E-state index is 10.3. The van der Waals surface area contributed by atoms with Crippen molar-refractivity contribution in [1.82, 2.24) is 0 Å². The van der Waals surface area contributed by atoms with E-state index in [1.807, 2.05) is 0 Å². The molecule has 0 aliphatic heterocycles. The molecule has 0 unspecified atom stereocenters. The molecule has 2 radical (unpaired) electrons. The minimum absolute atomic E-state index is 0. The van der Waals surface area contributed by atoms with Crippen LogP contribution in [0.15, 0.2) is 12.2 Å². The van der Waals surface area contributed by atoms with Crippen molar-refractivity contribution >= 4 is 23.0 Å². The first-order valence-corrected chi connectivity index (χ1v) is 8.64. The molecule has 0 rings (SSSR count). The van der Waals surface area contributed by atoms with Crippen LogP contribution < -0.4 is 0 Å². The van der Waals surface area contributed by atoms with E-state index in [9.17, 15) is 4.79 Å². The van der Waals surface area contributed by atoms with Crippen LogP contribution in [0.1, 0.15) is 96.8 Å². The summed E-state index contributed by atoms with van der Waals surface area (Å²) >= 11 is 0. The van der Waals surface area contributed by atoms with Gasteiger partial charge in [-0.05, 0) is 32.1 Å². The van der Waals surface area contributed by atoms with Crippen LogP contribution in [0.2, 0.25) is 0 Å². The van der Waals surface area contributed by atoms with Crippen LogP contribution in [-0.2, 0) is 4.79 Å². The van der Waals surface area contributed by atoms with Gasteiger partial charge in [-0.2, -0.15) is 0 Å². The minimum Gasteiger partial charge on any atom is -0.481 e. The number of carboxylic acid groups (broad SMARTS) is 1. The average molecular weight is 361 g/mol. The first-order chi connectivity index (χ1) is 9.77. The molecule has 0 saturated heterocycles. The van der Waals surface area contributed by atoms with Crippen molar-refractivity contribution in [2.45, 2.75) is 96.8 Å². The Labute approximate surface area is 142 Å². The van der Waals surface area contributed by atoms with Crippen LogP contribution in [-0.4, -0.2) is 28.1 Å². The summed E-state index contributed by atoms with van der Waals surface area (Å²) < 4.78 is 0. The number of carbonyl (C=O) groups is 1. The standard InChI is InChI=1S/C18H34O2.Se/c1-2-3-4-5-6-7-8-9-10-11-12-13-14-15-16-17-18(19)20;/h9-10H,2-8,11-17H2,1H3,(H,19,20);. The Kier molecular flexibility index (Phi) is 21.6. The normalized spacial score (nSPS) is 10.7. The molecular formula is C18H34O2Se. The Morgan fingerprint density at radius 2 is 1.19 bits per heavy atom. The molecule has 0 fully saturated rings. The zero-order valence-electron chi connectivity index (χ0n) is 13.8. The molecular weight excluding hydrogens is 327 g/mol. The average Bonchev–Trinajstić information content (AvgIpc) is 2.43. The Morgan fingerprint density at radius 1 is 0.762 bits per heavy atom. The topological polar surface area (TPSA) is 37.3 Å². The van der Waals surface area contributed by atoms with Gasteiger partial charge in [0.05, 0.1) is 0 Å². The van der Waals surface area contributed by atoms with E-state index >= 15 is 0 Å². The maximum Gasteiger partial charge on any atom is 0.303 e. The number of carboxylic acids is 1. The van der Waals surface area contributed by atoms with Crippen molar-refractivity contribution < 1.29 is 9.90 Å². The summed E-state index contributed by atoms with van der Waals surface area (Å²) in [6, 6.07) is 0. The van der Waals surface area contributed by atoms with Crippen LogP contribution in [0.5, 0.6) is 0 Å². The van der Waals surface area contributed by atoms with Gasteiger partial charge >= 0.3 is 5.97 Å². The van der Waals surface area contributed by atoms with Crippen molar-refractivity contribution in [2.24, 2.45) is 0 Å². The van der Waals surface area contributed by atoms with E-state index in [1.165, 1.54) is 70.6 Å². The number of rotatable bonds is 15. The van der Waals surface area contributed by atoms with Gasteiger partial charge in [0, 0.05) is 23.5 Å². The third kappa shape index (κ3) is 22.2. The van der Waals surface area contributed by atoms with Gasteiger partial charge in [-0.15, -0.1) is 0 Å². The molecule has 0 bridgehead atoms. The number of aliphatic carboxylic acids is 1. The second-order valence-electron chi connectivity index (χ2n) is 5.73. The van der Waals surface area contributed by atoms with Crippen LogP contribution in [0, 0.1) is 0 Å². The van der Waals surface area contributed by atoms with Crippen LogP contribution >= 0.6 is 0 Å². The predicted molar refractivity (Wildman–Crippen MR) is 92.8 cm³/mol. The molecule has 21 heavy (non-hydrogen) atoms. The molecule has 0 aliphatic carbocycles. The largest absolute Gasteiger partial charge is 0.481 e. The minimum atomic E-state index is -0.664. The maximum atomic E-state index is 10.3. The molecule has 0 aromatic rings. The van der Waals surface area contributed by atoms with Gasteiger partial charge in [0.15, 0.2) is 0 Å². The van der Waals surface area contributed by atoms with Crippen molar-refractivity contribution in [3.05, 3.63) is 12.2 Å². The van der Waals surface area contributed by atoms with Crippen LogP contribution in [0.25, 0.3) is 0 Å². The van der Waals surface area contributed by atoms with Gasteiger partial charge in [0.1, 0.15) is 0 Å². The zero-order chi connectivity index (χ0) is 14.9. The van der Waals surface area contributed by atoms with E-state index < -0.39 is 5.97 Å². The molecule has 0 aromatic heterocycles. The van der Waals surface area contributed by atoms with E-state index in [0.717, 1.165) is 12.8 Å². The smallest absolute Gasteiger partial charge is 0.303 e. The second-order valence-corrected chi connectivity index (χ2v) is 5.73.